The molecule has 17 heavy (non-hydrogen) atoms. The van der Waals surface area contributed by atoms with Crippen molar-refractivity contribution < 1.29 is 45.5 Å². The molecule has 83 valence electrons. The quantitative estimate of drug-likeness (QED) is 0.893. The van der Waals surface area contributed by atoms with Crippen LogP contribution in [0.15, 0.2) is 54.6 Å². The first-order valence-corrected chi connectivity index (χ1v) is 4.92. The molecule has 2 rings (SSSR count). The van der Waals surface area contributed by atoms with Gasteiger partial charge in [-0.2, -0.15) is 0 Å². The molecule has 1 radical (unpaired) electrons. The molecule has 0 atom stereocenters. The van der Waals surface area contributed by atoms with E-state index in [4.69, 9.17) is 5.11 Å². The summed E-state index contributed by atoms with van der Waals surface area (Å²) in [6.45, 7) is 0. The minimum atomic E-state index is -0.931. The third-order valence-electron chi connectivity index (χ3n) is 2.21. The number of anilines is 2. The minimum Gasteiger partial charge on any atom is -0.478 e. The molecule has 0 unspecified atom stereocenters. The molecule has 0 bridgehead atoms. The molecule has 0 aromatic heterocycles. The number of para-hydroxylation sites is 2. The van der Waals surface area contributed by atoms with Crippen molar-refractivity contribution in [3.63, 3.8) is 0 Å². The van der Waals surface area contributed by atoms with E-state index in [1.54, 1.807) is 24.3 Å². The summed E-state index contributed by atoms with van der Waals surface area (Å²) in [4.78, 5) is 11.0. The number of nitrogens with one attached hydrogen (secondary N) is 1. The van der Waals surface area contributed by atoms with Crippen LogP contribution in [0.1, 0.15) is 10.4 Å². The summed E-state index contributed by atoms with van der Waals surface area (Å²) in [6.07, 6.45) is 0. The van der Waals surface area contributed by atoms with Gasteiger partial charge in [-0.15, -0.1) is 0 Å². The maximum absolute atomic E-state index is 11.0. The fourth-order valence-electron chi connectivity index (χ4n) is 1.46. The van der Waals surface area contributed by atoms with Crippen LogP contribution in [-0.2, 0) is 0 Å². The molecule has 0 spiro atoms. The van der Waals surface area contributed by atoms with Crippen LogP contribution in [0.2, 0.25) is 0 Å². The number of carboxylic acids is 1. The van der Waals surface area contributed by atoms with Crippen molar-refractivity contribution in [2.24, 2.45) is 0 Å². The number of carboxylic acid groups (broad SMARTS) is 1. The van der Waals surface area contributed by atoms with E-state index < -0.39 is 5.97 Å². The van der Waals surface area contributed by atoms with Crippen molar-refractivity contribution in [2.75, 3.05) is 5.32 Å². The minimum absolute atomic E-state index is 0. The van der Waals surface area contributed by atoms with Gasteiger partial charge in [0.05, 0.1) is 11.3 Å². The zero-order valence-corrected chi connectivity index (χ0v) is 12.8. The Morgan fingerprint density at radius 3 is 2.18 bits per heavy atom. The Hall–Kier alpha value is -1.10. The number of benzene rings is 2. The standard InChI is InChI=1S/C13H11NO2.La/c15-13(16)11-8-4-5-9-12(11)14-10-6-2-1-3-7-10;/h1-9,14H,(H,15,16);. The number of hydrogen-bond acceptors (Lipinski definition) is 2. The largest absolute Gasteiger partial charge is 0.478 e. The zero-order valence-electron chi connectivity index (χ0n) is 9.13. The summed E-state index contributed by atoms with van der Waals surface area (Å²) < 4.78 is 0. The van der Waals surface area contributed by atoms with E-state index in [-0.39, 0.29) is 41.2 Å². The summed E-state index contributed by atoms with van der Waals surface area (Å²) in [7, 11) is 0. The van der Waals surface area contributed by atoms with Crippen LogP contribution in [0, 0.1) is 35.6 Å². The van der Waals surface area contributed by atoms with E-state index in [2.05, 4.69) is 5.32 Å². The van der Waals surface area contributed by atoms with Gasteiger partial charge in [-0.05, 0) is 24.3 Å². The number of aromatic carboxylic acids is 1. The summed E-state index contributed by atoms with van der Waals surface area (Å²) in [5.74, 6) is -0.931. The second kappa shape index (κ2) is 6.59. The van der Waals surface area contributed by atoms with Gasteiger partial charge in [-0.3, -0.25) is 0 Å². The summed E-state index contributed by atoms with van der Waals surface area (Å²) in [6, 6.07) is 16.3. The molecule has 0 heterocycles. The first-order chi connectivity index (χ1) is 7.77. The number of carbonyl (C=O) groups is 1. The molecule has 2 N–H and O–H groups in total. The molecule has 0 fully saturated rings. The molecule has 0 aliphatic heterocycles. The summed E-state index contributed by atoms with van der Waals surface area (Å²) in [5.41, 5.74) is 1.74. The number of hydrogen-bond donors (Lipinski definition) is 2. The van der Waals surface area contributed by atoms with Gasteiger partial charge in [0, 0.05) is 41.3 Å². The second-order valence-electron chi connectivity index (χ2n) is 3.34. The molecule has 0 aliphatic rings. The van der Waals surface area contributed by atoms with Crippen molar-refractivity contribution in [2.45, 2.75) is 0 Å². The van der Waals surface area contributed by atoms with Gasteiger partial charge in [0.25, 0.3) is 0 Å². The first kappa shape index (κ1) is 14.0. The van der Waals surface area contributed by atoms with E-state index in [1.807, 2.05) is 30.3 Å². The summed E-state index contributed by atoms with van der Waals surface area (Å²) >= 11 is 0. The molecule has 2 aromatic carbocycles. The average molecular weight is 352 g/mol. The van der Waals surface area contributed by atoms with Gasteiger partial charge in [0.15, 0.2) is 0 Å². The Kier molecular flexibility index (Phi) is 5.42. The van der Waals surface area contributed by atoms with Gasteiger partial charge in [0.1, 0.15) is 0 Å². The van der Waals surface area contributed by atoms with Gasteiger partial charge in [-0.1, -0.05) is 30.3 Å². The molecule has 0 aliphatic carbocycles. The molecule has 0 amide bonds. The fraction of sp³-hybridized carbons (Fsp3) is 0. The Morgan fingerprint density at radius 1 is 0.941 bits per heavy atom. The molecular formula is C13H11LaNO2. The molecule has 0 saturated heterocycles. The molecule has 2 aromatic rings. The second-order valence-corrected chi connectivity index (χ2v) is 3.34. The third-order valence-corrected chi connectivity index (χ3v) is 2.21. The number of rotatable bonds is 3. The van der Waals surface area contributed by atoms with Gasteiger partial charge in [-0.25, -0.2) is 4.79 Å². The van der Waals surface area contributed by atoms with Crippen molar-refractivity contribution in [3.05, 3.63) is 60.2 Å². The van der Waals surface area contributed by atoms with Gasteiger partial charge in [0.2, 0.25) is 0 Å². The maximum Gasteiger partial charge on any atom is 0.337 e. The van der Waals surface area contributed by atoms with E-state index in [9.17, 15) is 4.79 Å². The van der Waals surface area contributed by atoms with Crippen molar-refractivity contribution in [1.29, 1.82) is 0 Å². The topological polar surface area (TPSA) is 49.3 Å². The van der Waals surface area contributed by atoms with Gasteiger partial charge < -0.3 is 10.4 Å². The van der Waals surface area contributed by atoms with Crippen LogP contribution in [0.5, 0.6) is 0 Å². The van der Waals surface area contributed by atoms with Crippen LogP contribution in [-0.4, -0.2) is 11.1 Å². The van der Waals surface area contributed by atoms with Crippen LogP contribution in [0.3, 0.4) is 0 Å². The van der Waals surface area contributed by atoms with Crippen molar-refractivity contribution in [3.8, 4) is 0 Å². The molecular weight excluding hydrogens is 341 g/mol. The van der Waals surface area contributed by atoms with Gasteiger partial charge >= 0.3 is 5.97 Å². The zero-order chi connectivity index (χ0) is 11.4. The average Bonchev–Trinajstić information content (AvgIpc) is 2.31. The monoisotopic (exact) mass is 352 g/mol. The first-order valence-electron chi connectivity index (χ1n) is 4.92. The fourth-order valence-corrected chi connectivity index (χ4v) is 1.46. The predicted octanol–water partition coefficient (Wildman–Crippen LogP) is 3.13. The third kappa shape index (κ3) is 3.70. The smallest absolute Gasteiger partial charge is 0.337 e. The van der Waals surface area contributed by atoms with Crippen LogP contribution < -0.4 is 5.32 Å². The van der Waals surface area contributed by atoms with Crippen molar-refractivity contribution in [1.82, 2.24) is 0 Å². The predicted molar refractivity (Wildman–Crippen MR) is 63.1 cm³/mol. The molecule has 4 heteroatoms. The van der Waals surface area contributed by atoms with Crippen LogP contribution in [0.4, 0.5) is 11.4 Å². The Bertz CT molecular complexity index is 500. The van der Waals surface area contributed by atoms with E-state index in [0.29, 0.717) is 5.69 Å². The van der Waals surface area contributed by atoms with E-state index in [0.717, 1.165) is 5.69 Å². The maximum atomic E-state index is 11.0. The molecule has 0 saturated carbocycles. The molecule has 3 nitrogen and oxygen atoms in total. The Morgan fingerprint density at radius 2 is 1.53 bits per heavy atom. The SMILES string of the molecule is O=C(O)c1ccccc1Nc1ccccc1.[La]. The van der Waals surface area contributed by atoms with E-state index in [1.165, 1.54) is 0 Å². The van der Waals surface area contributed by atoms with Crippen LogP contribution >= 0.6 is 0 Å². The van der Waals surface area contributed by atoms with E-state index >= 15 is 0 Å². The van der Waals surface area contributed by atoms with Crippen LogP contribution in [0.25, 0.3) is 0 Å². The van der Waals surface area contributed by atoms with Crippen molar-refractivity contribution >= 4 is 17.3 Å². The summed E-state index contributed by atoms with van der Waals surface area (Å²) in [5, 5.41) is 12.1. The Balaban J connectivity index is 0.00000144. The normalized spacial score (nSPS) is 9.18. The Labute approximate surface area is 127 Å².